The Labute approximate surface area is 206 Å². The molecule has 0 aliphatic carbocycles. The van der Waals surface area contributed by atoms with Gasteiger partial charge in [-0.1, -0.05) is 71.2 Å². The predicted octanol–water partition coefficient (Wildman–Crippen LogP) is 7.50. The Bertz CT molecular complexity index is 1200. The van der Waals surface area contributed by atoms with Crippen LogP contribution in [0, 0.1) is 11.7 Å². The molecular formula is C28H35ClFNO3. The molecule has 0 fully saturated rings. The first-order chi connectivity index (χ1) is 16.1. The van der Waals surface area contributed by atoms with Crippen molar-refractivity contribution in [2.45, 2.75) is 73.3 Å². The first kappa shape index (κ1) is 27.6. The molecule has 4 nitrogen and oxygen atoms in total. The number of unbranched alkanes of at least 4 members (excludes halogenated alkanes) is 1. The second-order valence-electron chi connectivity index (χ2n) is 9.06. The van der Waals surface area contributed by atoms with Crippen molar-refractivity contribution >= 4 is 28.5 Å². The molecular weight excluding hydrogens is 453 g/mol. The summed E-state index contributed by atoms with van der Waals surface area (Å²) in [5.41, 5.74) is 2.23. The van der Waals surface area contributed by atoms with Gasteiger partial charge in [0.2, 0.25) is 5.43 Å². The molecule has 0 radical (unpaired) electrons. The molecule has 2 aromatic carbocycles. The van der Waals surface area contributed by atoms with E-state index in [9.17, 15) is 19.1 Å². The maximum Gasteiger partial charge on any atom is 0.341 e. The van der Waals surface area contributed by atoms with Crippen molar-refractivity contribution in [3.05, 3.63) is 79.8 Å². The van der Waals surface area contributed by atoms with E-state index in [4.69, 9.17) is 11.6 Å². The van der Waals surface area contributed by atoms with Crippen LogP contribution in [-0.2, 0) is 19.4 Å². The van der Waals surface area contributed by atoms with E-state index in [-0.39, 0.29) is 17.0 Å². The predicted molar refractivity (Wildman–Crippen MR) is 139 cm³/mol. The Morgan fingerprint density at radius 1 is 1.12 bits per heavy atom. The Morgan fingerprint density at radius 3 is 2.38 bits per heavy atom. The number of benzene rings is 2. The van der Waals surface area contributed by atoms with E-state index >= 15 is 0 Å². The number of aromatic carboxylic acids is 1. The van der Waals surface area contributed by atoms with Gasteiger partial charge in [-0.3, -0.25) is 4.79 Å². The van der Waals surface area contributed by atoms with Crippen LogP contribution in [0.4, 0.5) is 4.39 Å². The zero-order valence-corrected chi connectivity index (χ0v) is 21.5. The van der Waals surface area contributed by atoms with E-state index in [1.807, 2.05) is 10.6 Å². The highest BCUT2D eigenvalue weighted by Gasteiger charge is 2.18. The van der Waals surface area contributed by atoms with Gasteiger partial charge in [-0.2, -0.15) is 0 Å². The van der Waals surface area contributed by atoms with Crippen LogP contribution in [0.5, 0.6) is 0 Å². The van der Waals surface area contributed by atoms with E-state index in [2.05, 4.69) is 34.6 Å². The topological polar surface area (TPSA) is 59.3 Å². The number of hydrogen-bond donors (Lipinski definition) is 1. The van der Waals surface area contributed by atoms with Gasteiger partial charge < -0.3 is 9.67 Å². The minimum atomic E-state index is -1.24. The molecule has 3 rings (SSSR count). The molecule has 0 aliphatic rings. The molecule has 0 amide bonds. The van der Waals surface area contributed by atoms with Crippen LogP contribution < -0.4 is 5.43 Å². The Kier molecular flexibility index (Phi) is 10.3. The molecule has 0 aliphatic heterocycles. The van der Waals surface area contributed by atoms with E-state index < -0.39 is 17.2 Å². The number of hydrogen-bond acceptors (Lipinski definition) is 2. The van der Waals surface area contributed by atoms with Gasteiger partial charge in [0.05, 0.1) is 10.5 Å². The number of carbonyl (C=O) groups is 1. The summed E-state index contributed by atoms with van der Waals surface area (Å²) in [5, 5.41) is 9.94. The normalized spacial score (nSPS) is 10.9. The van der Waals surface area contributed by atoms with Crippen molar-refractivity contribution in [2.24, 2.45) is 5.92 Å². The van der Waals surface area contributed by atoms with Crippen LogP contribution in [0.25, 0.3) is 10.9 Å². The number of nitrogens with zero attached hydrogens (tertiary/aromatic N) is 1. The summed E-state index contributed by atoms with van der Waals surface area (Å²) in [6.07, 6.45) is 5.54. The van der Waals surface area contributed by atoms with E-state index in [0.717, 1.165) is 35.9 Å². The van der Waals surface area contributed by atoms with Crippen LogP contribution in [-0.4, -0.2) is 15.6 Å². The number of pyridine rings is 1. The largest absolute Gasteiger partial charge is 0.477 e. The Hall–Kier alpha value is -2.66. The minimum absolute atomic E-state index is 0.0544. The highest BCUT2D eigenvalue weighted by Crippen LogP contribution is 2.27. The summed E-state index contributed by atoms with van der Waals surface area (Å²) in [6, 6.07) is 8.59. The quantitative estimate of drug-likeness (QED) is 0.358. The second kappa shape index (κ2) is 12.7. The molecule has 0 unspecified atom stereocenters. The maximum absolute atomic E-state index is 14.6. The molecule has 0 saturated heterocycles. The van der Waals surface area contributed by atoms with Gasteiger partial charge in [-0.25, -0.2) is 9.18 Å². The first-order valence-electron chi connectivity index (χ1n) is 12.0. The number of carboxylic acid groups (broad SMARTS) is 1. The molecule has 34 heavy (non-hydrogen) atoms. The number of halogens is 2. The van der Waals surface area contributed by atoms with E-state index in [0.29, 0.717) is 23.4 Å². The van der Waals surface area contributed by atoms with Crippen LogP contribution in [0.1, 0.15) is 80.9 Å². The molecule has 0 spiro atoms. The van der Waals surface area contributed by atoms with Crippen LogP contribution in [0.15, 0.2) is 41.3 Å². The average Bonchev–Trinajstić information content (AvgIpc) is 2.77. The third-order valence-corrected chi connectivity index (χ3v) is 5.72. The highest BCUT2D eigenvalue weighted by atomic mass is 35.5. The lowest BCUT2D eigenvalue weighted by Gasteiger charge is -2.18. The van der Waals surface area contributed by atoms with Gasteiger partial charge in [0.1, 0.15) is 11.4 Å². The van der Waals surface area contributed by atoms with Gasteiger partial charge in [-0.15, -0.1) is 0 Å². The average molecular weight is 488 g/mol. The summed E-state index contributed by atoms with van der Waals surface area (Å²) in [5.74, 6) is -1.36. The van der Waals surface area contributed by atoms with Gasteiger partial charge in [0.25, 0.3) is 0 Å². The second-order valence-corrected chi connectivity index (χ2v) is 9.46. The fraction of sp³-hybridized carbons (Fsp3) is 0.429. The number of carboxylic acids is 1. The van der Waals surface area contributed by atoms with Crippen LogP contribution in [0.2, 0.25) is 5.02 Å². The molecule has 1 N–H and O–H groups in total. The third kappa shape index (κ3) is 6.69. The Morgan fingerprint density at radius 2 is 1.79 bits per heavy atom. The monoisotopic (exact) mass is 487 g/mol. The fourth-order valence-electron chi connectivity index (χ4n) is 3.88. The van der Waals surface area contributed by atoms with Gasteiger partial charge in [-0.05, 0) is 53.6 Å². The van der Waals surface area contributed by atoms with Gasteiger partial charge in [0.15, 0.2) is 0 Å². The van der Waals surface area contributed by atoms with Gasteiger partial charge in [0, 0.05) is 24.5 Å². The van der Waals surface area contributed by atoms with E-state index in [1.54, 1.807) is 18.2 Å². The summed E-state index contributed by atoms with van der Waals surface area (Å²) in [4.78, 5) is 24.7. The van der Waals surface area contributed by atoms with Gasteiger partial charge >= 0.3 is 5.97 Å². The lowest BCUT2D eigenvalue weighted by molar-refractivity contribution is 0.0695. The molecule has 0 saturated carbocycles. The summed E-state index contributed by atoms with van der Waals surface area (Å²) < 4.78 is 16.4. The summed E-state index contributed by atoms with van der Waals surface area (Å²) in [6.45, 7) is 11.1. The smallest absolute Gasteiger partial charge is 0.341 e. The lowest BCUT2D eigenvalue weighted by Crippen LogP contribution is -2.20. The molecule has 184 valence electrons. The molecule has 3 aromatic rings. The number of aryl methyl sites for hydroxylation is 1. The number of fused-ring (bicyclic) bond motifs is 1. The van der Waals surface area contributed by atoms with Crippen molar-refractivity contribution in [1.82, 2.24) is 4.57 Å². The first-order valence-corrected chi connectivity index (χ1v) is 12.4. The highest BCUT2D eigenvalue weighted by molar-refractivity contribution is 6.30. The molecule has 1 aromatic heterocycles. The van der Waals surface area contributed by atoms with Crippen molar-refractivity contribution in [3.8, 4) is 0 Å². The van der Waals surface area contributed by atoms with Crippen molar-refractivity contribution in [1.29, 1.82) is 0 Å². The lowest BCUT2D eigenvalue weighted by atomic mass is 9.91. The van der Waals surface area contributed by atoms with Crippen molar-refractivity contribution in [3.63, 3.8) is 0 Å². The van der Waals surface area contributed by atoms with Crippen molar-refractivity contribution < 1.29 is 14.3 Å². The maximum atomic E-state index is 14.6. The Balaban J connectivity index is 0.00000129. The number of rotatable bonds is 8. The number of aromatic nitrogens is 1. The summed E-state index contributed by atoms with van der Waals surface area (Å²) >= 11 is 5.96. The minimum Gasteiger partial charge on any atom is -0.477 e. The third-order valence-electron chi connectivity index (χ3n) is 5.43. The standard InChI is InChI=1S/C25H27ClFNO3.C3H8/c1-4-5-9-28-14-20(25(30)31)24(29)19-12-18(17(10-15(2)3)13-22(19)28)11-16-7-6-8-21(26)23(16)27;1-3-2/h6-8,12-15H,4-5,9-11H2,1-3H3,(H,30,31);3H2,1-2H3. The summed E-state index contributed by atoms with van der Waals surface area (Å²) in [7, 11) is 0. The van der Waals surface area contributed by atoms with Crippen LogP contribution >= 0.6 is 11.6 Å². The van der Waals surface area contributed by atoms with E-state index in [1.165, 1.54) is 18.7 Å². The zero-order valence-electron chi connectivity index (χ0n) is 20.8. The molecule has 0 atom stereocenters. The molecule has 1 heterocycles. The fourth-order valence-corrected chi connectivity index (χ4v) is 4.07. The molecule has 6 heteroatoms. The van der Waals surface area contributed by atoms with Crippen molar-refractivity contribution in [2.75, 3.05) is 0 Å². The molecule has 0 bridgehead atoms. The SMILES string of the molecule is CCC.CCCCn1cc(C(=O)O)c(=O)c2cc(Cc3cccc(Cl)c3F)c(CC(C)C)cc21. The zero-order chi connectivity index (χ0) is 25.4. The van der Waals surface area contributed by atoms with Crippen LogP contribution in [0.3, 0.4) is 0 Å².